The van der Waals surface area contributed by atoms with Crippen molar-refractivity contribution in [1.82, 2.24) is 15.2 Å². The lowest BCUT2D eigenvalue weighted by molar-refractivity contribution is -0.153. The van der Waals surface area contributed by atoms with Crippen LogP contribution in [0.15, 0.2) is 18.2 Å². The number of aliphatic hydroxyl groups excluding tert-OH is 1. The first-order valence-corrected chi connectivity index (χ1v) is 9.35. The minimum atomic E-state index is -0.685. The van der Waals surface area contributed by atoms with Crippen molar-refractivity contribution in [3.05, 3.63) is 29.5 Å². The van der Waals surface area contributed by atoms with Gasteiger partial charge in [-0.05, 0) is 43.4 Å². The van der Waals surface area contributed by atoms with Crippen LogP contribution in [0.2, 0.25) is 0 Å². The SMILES string of the molecule is COc1ccc2c3c([nH]c2c1)C(CC(C)C)N1C(C3)C(=O)NC(C)C1O. The van der Waals surface area contributed by atoms with E-state index in [0.29, 0.717) is 12.3 Å². The molecule has 2 aliphatic rings. The van der Waals surface area contributed by atoms with Crippen molar-refractivity contribution in [2.45, 2.75) is 58.0 Å². The molecule has 2 aromatic rings. The number of benzene rings is 1. The Balaban J connectivity index is 1.87. The van der Waals surface area contributed by atoms with Crippen LogP contribution in [0.3, 0.4) is 0 Å². The van der Waals surface area contributed by atoms with E-state index in [2.05, 4.69) is 30.2 Å². The zero-order chi connectivity index (χ0) is 18.6. The second kappa shape index (κ2) is 6.28. The van der Waals surface area contributed by atoms with Gasteiger partial charge in [-0.25, -0.2) is 0 Å². The molecule has 0 bridgehead atoms. The van der Waals surface area contributed by atoms with E-state index in [1.807, 2.05) is 24.0 Å². The van der Waals surface area contributed by atoms with Crippen LogP contribution in [0.25, 0.3) is 10.9 Å². The maximum atomic E-state index is 12.7. The molecule has 1 fully saturated rings. The number of rotatable bonds is 3. The molecular weight excluding hydrogens is 330 g/mol. The van der Waals surface area contributed by atoms with Gasteiger partial charge in [0.2, 0.25) is 5.91 Å². The van der Waals surface area contributed by atoms with E-state index in [1.165, 1.54) is 5.56 Å². The largest absolute Gasteiger partial charge is 0.497 e. The van der Waals surface area contributed by atoms with Crippen molar-refractivity contribution in [3.63, 3.8) is 0 Å². The van der Waals surface area contributed by atoms with Gasteiger partial charge < -0.3 is 20.1 Å². The minimum absolute atomic E-state index is 0.00469. The van der Waals surface area contributed by atoms with Gasteiger partial charge in [-0.1, -0.05) is 13.8 Å². The molecule has 6 nitrogen and oxygen atoms in total. The first kappa shape index (κ1) is 17.4. The van der Waals surface area contributed by atoms with Gasteiger partial charge in [0.15, 0.2) is 0 Å². The van der Waals surface area contributed by atoms with Crippen molar-refractivity contribution in [1.29, 1.82) is 0 Å². The summed E-state index contributed by atoms with van der Waals surface area (Å²) in [5, 5.41) is 14.9. The molecule has 4 rings (SSSR count). The number of aliphatic hydroxyl groups is 1. The number of hydrogen-bond donors (Lipinski definition) is 3. The maximum absolute atomic E-state index is 12.7. The molecule has 3 N–H and O–H groups in total. The molecular formula is C20H27N3O3. The second-order valence-electron chi connectivity index (χ2n) is 7.95. The lowest BCUT2D eigenvalue weighted by Crippen LogP contribution is -2.67. The van der Waals surface area contributed by atoms with Crippen LogP contribution < -0.4 is 10.1 Å². The summed E-state index contributed by atoms with van der Waals surface area (Å²) in [6, 6.07) is 5.39. The Hall–Kier alpha value is -2.05. The molecule has 6 heteroatoms. The lowest BCUT2D eigenvalue weighted by Gasteiger charge is -2.49. The summed E-state index contributed by atoms with van der Waals surface area (Å²) >= 11 is 0. The highest BCUT2D eigenvalue weighted by molar-refractivity contribution is 5.89. The fourth-order valence-corrected chi connectivity index (χ4v) is 4.49. The van der Waals surface area contributed by atoms with E-state index in [9.17, 15) is 9.90 Å². The Morgan fingerprint density at radius 1 is 1.38 bits per heavy atom. The molecule has 1 aromatic carbocycles. The molecule has 0 radical (unpaired) electrons. The summed E-state index contributed by atoms with van der Waals surface area (Å²) in [6.07, 6.45) is 0.798. The van der Waals surface area contributed by atoms with Gasteiger partial charge >= 0.3 is 0 Å². The highest BCUT2D eigenvalue weighted by Gasteiger charge is 2.47. The fourth-order valence-electron chi connectivity index (χ4n) is 4.49. The number of amides is 1. The maximum Gasteiger partial charge on any atom is 0.238 e. The predicted octanol–water partition coefficient (Wildman–Crippen LogP) is 2.33. The van der Waals surface area contributed by atoms with Crippen molar-refractivity contribution in [2.75, 3.05) is 7.11 Å². The van der Waals surface area contributed by atoms with Gasteiger partial charge in [-0.3, -0.25) is 9.69 Å². The summed E-state index contributed by atoms with van der Waals surface area (Å²) < 4.78 is 5.35. The van der Waals surface area contributed by atoms with Crippen molar-refractivity contribution in [2.24, 2.45) is 5.92 Å². The zero-order valence-corrected chi connectivity index (χ0v) is 15.7. The number of hydrogen-bond acceptors (Lipinski definition) is 4. The monoisotopic (exact) mass is 357 g/mol. The average Bonchev–Trinajstić information content (AvgIpc) is 2.96. The quantitative estimate of drug-likeness (QED) is 0.788. The number of H-pyrrole nitrogens is 1. The van der Waals surface area contributed by atoms with Crippen LogP contribution in [0, 0.1) is 5.92 Å². The van der Waals surface area contributed by atoms with E-state index < -0.39 is 6.23 Å². The third kappa shape index (κ3) is 2.59. The molecule has 0 saturated carbocycles. The molecule has 0 aliphatic carbocycles. The standard InChI is InChI=1S/C20H27N3O3/c1-10(2)7-16-18-14(13-6-5-12(26-4)8-15(13)22-18)9-17-19(24)21-11(3)20(25)23(16)17/h5-6,8,10-11,16-17,20,22,25H,7,9H2,1-4H3,(H,21,24). The Morgan fingerprint density at radius 3 is 2.85 bits per heavy atom. The Bertz CT molecular complexity index is 844. The van der Waals surface area contributed by atoms with Gasteiger partial charge in [0, 0.05) is 22.7 Å². The van der Waals surface area contributed by atoms with Crippen LogP contribution in [0.5, 0.6) is 5.75 Å². The molecule has 4 unspecified atom stereocenters. The molecule has 140 valence electrons. The number of aromatic amines is 1. The first-order chi connectivity index (χ1) is 12.4. The van der Waals surface area contributed by atoms with E-state index in [1.54, 1.807) is 7.11 Å². The van der Waals surface area contributed by atoms with Gasteiger partial charge in [0.1, 0.15) is 12.0 Å². The smallest absolute Gasteiger partial charge is 0.238 e. The second-order valence-corrected chi connectivity index (χ2v) is 7.95. The van der Waals surface area contributed by atoms with Crippen molar-refractivity contribution in [3.8, 4) is 5.75 Å². The number of carbonyl (C=O) groups excluding carboxylic acids is 1. The summed E-state index contributed by atoms with van der Waals surface area (Å²) in [5.74, 6) is 1.26. The Morgan fingerprint density at radius 2 is 2.15 bits per heavy atom. The van der Waals surface area contributed by atoms with Gasteiger partial charge in [0.05, 0.1) is 25.2 Å². The summed E-state index contributed by atoms with van der Waals surface area (Å²) in [5.41, 5.74) is 3.33. The molecule has 4 atom stereocenters. The van der Waals surface area contributed by atoms with Crippen molar-refractivity contribution >= 4 is 16.8 Å². The highest BCUT2D eigenvalue weighted by atomic mass is 16.5. The number of nitrogens with one attached hydrogen (secondary N) is 2. The third-order valence-corrected chi connectivity index (χ3v) is 5.72. The van der Waals surface area contributed by atoms with E-state index >= 15 is 0 Å². The van der Waals surface area contributed by atoms with Gasteiger partial charge in [-0.2, -0.15) is 0 Å². The van der Waals surface area contributed by atoms with Crippen LogP contribution in [-0.2, 0) is 11.2 Å². The molecule has 0 spiro atoms. The Labute approximate surface area is 153 Å². The number of aromatic nitrogens is 1. The van der Waals surface area contributed by atoms with E-state index in [4.69, 9.17) is 4.74 Å². The average molecular weight is 357 g/mol. The minimum Gasteiger partial charge on any atom is -0.497 e. The van der Waals surface area contributed by atoms with Gasteiger partial charge in [-0.15, -0.1) is 0 Å². The number of fused-ring (bicyclic) bond motifs is 4. The van der Waals surface area contributed by atoms with Gasteiger partial charge in [0.25, 0.3) is 0 Å². The number of carbonyl (C=O) groups is 1. The van der Waals surface area contributed by atoms with Crippen LogP contribution in [0.1, 0.15) is 44.5 Å². The molecule has 2 aliphatic heterocycles. The number of methoxy groups -OCH3 is 1. The topological polar surface area (TPSA) is 77.6 Å². The van der Waals surface area contributed by atoms with Crippen molar-refractivity contribution < 1.29 is 14.6 Å². The molecule has 1 saturated heterocycles. The number of piperazine rings is 1. The fraction of sp³-hybridized carbons (Fsp3) is 0.550. The van der Waals surface area contributed by atoms with Crippen LogP contribution in [0.4, 0.5) is 0 Å². The number of nitrogens with zero attached hydrogens (tertiary/aromatic N) is 1. The zero-order valence-electron chi connectivity index (χ0n) is 15.7. The summed E-state index contributed by atoms with van der Waals surface area (Å²) in [4.78, 5) is 18.3. The third-order valence-electron chi connectivity index (χ3n) is 5.72. The summed E-state index contributed by atoms with van der Waals surface area (Å²) in [7, 11) is 1.66. The normalized spacial score (nSPS) is 28.8. The summed E-state index contributed by atoms with van der Waals surface area (Å²) in [6.45, 7) is 6.21. The molecule has 1 aromatic heterocycles. The Kier molecular flexibility index (Phi) is 4.20. The molecule has 3 heterocycles. The molecule has 1 amide bonds. The van der Waals surface area contributed by atoms with E-state index in [0.717, 1.165) is 28.8 Å². The predicted molar refractivity (Wildman–Crippen MR) is 100.0 cm³/mol. The molecule has 26 heavy (non-hydrogen) atoms. The van der Waals surface area contributed by atoms with Crippen LogP contribution >= 0.6 is 0 Å². The lowest BCUT2D eigenvalue weighted by atomic mass is 9.85. The first-order valence-electron chi connectivity index (χ1n) is 9.35. The van der Waals surface area contributed by atoms with Crippen LogP contribution in [-0.4, -0.2) is 46.3 Å². The number of ether oxygens (including phenoxy) is 1. The highest BCUT2D eigenvalue weighted by Crippen LogP contribution is 2.43. The van der Waals surface area contributed by atoms with E-state index in [-0.39, 0.29) is 24.0 Å².